The third-order valence-electron chi connectivity index (χ3n) is 3.87. The molecule has 0 bridgehead atoms. The minimum atomic E-state index is -3.57. The molecule has 3 rings (SSSR count). The van der Waals surface area contributed by atoms with Crippen LogP contribution in [0, 0.1) is 0 Å². The zero-order valence-electron chi connectivity index (χ0n) is 13.2. The van der Waals surface area contributed by atoms with Crippen molar-refractivity contribution in [3.63, 3.8) is 0 Å². The van der Waals surface area contributed by atoms with Gasteiger partial charge in [-0.15, -0.1) is 0 Å². The summed E-state index contributed by atoms with van der Waals surface area (Å²) in [6, 6.07) is 7.54. The molecule has 2 aromatic rings. The Labute approximate surface area is 140 Å². The quantitative estimate of drug-likeness (QED) is 0.894. The minimum Gasteiger partial charge on any atom is -0.495 e. The van der Waals surface area contributed by atoms with E-state index in [-0.39, 0.29) is 16.3 Å². The molecule has 0 spiro atoms. The highest BCUT2D eigenvalue weighted by Gasteiger charge is 2.28. The molecule has 1 saturated heterocycles. The van der Waals surface area contributed by atoms with E-state index in [9.17, 15) is 13.2 Å². The van der Waals surface area contributed by atoms with Crippen LogP contribution in [0.1, 0.15) is 23.4 Å². The molecule has 0 aliphatic carbocycles. The number of methoxy groups -OCH3 is 1. The van der Waals surface area contributed by atoms with Gasteiger partial charge in [-0.25, -0.2) is 8.42 Å². The van der Waals surface area contributed by atoms with Gasteiger partial charge in [-0.3, -0.25) is 4.79 Å². The standard InChI is InChI=1S/C16H18N2O5S/c1-22-14-7-6-12(24(20,21)18-8-2-3-9-18)11-13(14)17-16(19)15-5-4-10-23-15/h4-7,10-11H,2-3,8-9H2,1H3,(H,17,19). The zero-order valence-corrected chi connectivity index (χ0v) is 14.0. The first-order valence-electron chi connectivity index (χ1n) is 7.55. The molecule has 0 saturated carbocycles. The van der Waals surface area contributed by atoms with Gasteiger partial charge in [0.25, 0.3) is 5.91 Å². The summed E-state index contributed by atoms with van der Waals surface area (Å²) in [7, 11) is -2.12. The number of furan rings is 1. The molecule has 1 aromatic carbocycles. The number of hydrogen-bond donors (Lipinski definition) is 1. The van der Waals surface area contributed by atoms with Crippen LogP contribution in [-0.4, -0.2) is 38.8 Å². The highest BCUT2D eigenvalue weighted by Crippen LogP contribution is 2.30. The Kier molecular flexibility index (Phi) is 4.59. The van der Waals surface area contributed by atoms with Crippen molar-refractivity contribution in [2.24, 2.45) is 0 Å². The molecular formula is C16H18N2O5S. The Balaban J connectivity index is 1.92. The molecule has 0 radical (unpaired) electrons. The Morgan fingerprint density at radius 1 is 1.25 bits per heavy atom. The number of benzene rings is 1. The summed E-state index contributed by atoms with van der Waals surface area (Å²) < 4.78 is 37.0. The third-order valence-corrected chi connectivity index (χ3v) is 5.76. The molecule has 128 valence electrons. The van der Waals surface area contributed by atoms with Crippen molar-refractivity contribution < 1.29 is 22.4 Å². The summed E-state index contributed by atoms with van der Waals surface area (Å²) in [5.74, 6) is 0.0224. The van der Waals surface area contributed by atoms with Crippen LogP contribution >= 0.6 is 0 Å². The second-order valence-corrected chi connectivity index (χ2v) is 7.34. The van der Waals surface area contributed by atoms with Gasteiger partial charge in [-0.05, 0) is 43.2 Å². The monoisotopic (exact) mass is 350 g/mol. The van der Waals surface area contributed by atoms with Gasteiger partial charge in [0.2, 0.25) is 10.0 Å². The first-order chi connectivity index (χ1) is 11.5. The second kappa shape index (κ2) is 6.66. The van der Waals surface area contributed by atoms with Crippen molar-refractivity contribution in [2.75, 3.05) is 25.5 Å². The number of carbonyl (C=O) groups is 1. The van der Waals surface area contributed by atoms with Crippen LogP contribution < -0.4 is 10.1 Å². The number of carbonyl (C=O) groups excluding carboxylic acids is 1. The minimum absolute atomic E-state index is 0.125. The predicted molar refractivity (Wildman–Crippen MR) is 87.6 cm³/mol. The lowest BCUT2D eigenvalue weighted by Crippen LogP contribution is -2.28. The zero-order chi connectivity index (χ0) is 17.2. The number of rotatable bonds is 5. The van der Waals surface area contributed by atoms with E-state index in [1.807, 2.05) is 0 Å². The fraction of sp³-hybridized carbons (Fsp3) is 0.312. The van der Waals surface area contributed by atoms with Gasteiger partial charge in [-0.2, -0.15) is 4.31 Å². The number of anilines is 1. The van der Waals surface area contributed by atoms with Crippen molar-refractivity contribution in [2.45, 2.75) is 17.7 Å². The number of nitrogens with one attached hydrogen (secondary N) is 1. The lowest BCUT2D eigenvalue weighted by molar-refractivity contribution is 0.0996. The van der Waals surface area contributed by atoms with E-state index in [2.05, 4.69) is 5.32 Å². The van der Waals surface area contributed by atoms with Crippen LogP contribution in [0.4, 0.5) is 5.69 Å². The molecule has 8 heteroatoms. The summed E-state index contributed by atoms with van der Waals surface area (Å²) in [4.78, 5) is 12.3. The average Bonchev–Trinajstić information content (AvgIpc) is 3.28. The molecule has 7 nitrogen and oxygen atoms in total. The van der Waals surface area contributed by atoms with E-state index < -0.39 is 15.9 Å². The predicted octanol–water partition coefficient (Wildman–Crippen LogP) is 2.33. The summed E-state index contributed by atoms with van der Waals surface area (Å²) >= 11 is 0. The number of amides is 1. The molecule has 1 fully saturated rings. The van der Waals surface area contributed by atoms with Gasteiger partial charge in [0.05, 0.1) is 24.0 Å². The largest absolute Gasteiger partial charge is 0.495 e. The Morgan fingerprint density at radius 2 is 2.00 bits per heavy atom. The molecule has 1 N–H and O–H groups in total. The topological polar surface area (TPSA) is 88.9 Å². The molecule has 24 heavy (non-hydrogen) atoms. The maximum Gasteiger partial charge on any atom is 0.291 e. The van der Waals surface area contributed by atoms with Gasteiger partial charge < -0.3 is 14.5 Å². The highest BCUT2D eigenvalue weighted by atomic mass is 32.2. The molecule has 2 heterocycles. The number of nitrogens with zero attached hydrogens (tertiary/aromatic N) is 1. The molecule has 0 atom stereocenters. The normalized spacial score (nSPS) is 15.4. The fourth-order valence-corrected chi connectivity index (χ4v) is 4.16. The van der Waals surface area contributed by atoms with E-state index in [1.54, 1.807) is 6.07 Å². The van der Waals surface area contributed by atoms with Crippen LogP contribution in [-0.2, 0) is 10.0 Å². The summed E-state index contributed by atoms with van der Waals surface area (Å²) in [6.07, 6.45) is 3.11. The Hall–Kier alpha value is -2.32. The summed E-state index contributed by atoms with van der Waals surface area (Å²) in [6.45, 7) is 1.03. The molecule has 1 aliphatic heterocycles. The van der Waals surface area contributed by atoms with Crippen molar-refractivity contribution >= 4 is 21.6 Å². The van der Waals surface area contributed by atoms with Crippen LogP contribution in [0.15, 0.2) is 45.9 Å². The van der Waals surface area contributed by atoms with Gasteiger partial charge >= 0.3 is 0 Å². The second-order valence-electron chi connectivity index (χ2n) is 5.40. The number of hydrogen-bond acceptors (Lipinski definition) is 5. The number of sulfonamides is 1. The van der Waals surface area contributed by atoms with Crippen molar-refractivity contribution in [3.8, 4) is 5.75 Å². The summed E-state index contributed by atoms with van der Waals surface area (Å²) in [5, 5.41) is 2.63. The smallest absolute Gasteiger partial charge is 0.291 e. The van der Waals surface area contributed by atoms with Gasteiger partial charge in [0.1, 0.15) is 5.75 Å². The molecule has 1 aromatic heterocycles. The summed E-state index contributed by atoms with van der Waals surface area (Å²) in [5.41, 5.74) is 0.277. The van der Waals surface area contributed by atoms with Crippen LogP contribution in [0.2, 0.25) is 0 Å². The molecule has 1 amide bonds. The van der Waals surface area contributed by atoms with Gasteiger partial charge in [-0.1, -0.05) is 0 Å². The third kappa shape index (κ3) is 3.15. The lowest BCUT2D eigenvalue weighted by Gasteiger charge is -2.17. The van der Waals surface area contributed by atoms with Crippen molar-refractivity contribution in [3.05, 3.63) is 42.4 Å². The fourth-order valence-electron chi connectivity index (χ4n) is 2.61. The van der Waals surface area contributed by atoms with Crippen molar-refractivity contribution in [1.29, 1.82) is 0 Å². The van der Waals surface area contributed by atoms with Crippen LogP contribution in [0.5, 0.6) is 5.75 Å². The average molecular weight is 350 g/mol. The van der Waals surface area contributed by atoms with Gasteiger partial charge in [0.15, 0.2) is 5.76 Å². The first-order valence-corrected chi connectivity index (χ1v) is 8.99. The maximum absolute atomic E-state index is 12.7. The van der Waals surface area contributed by atoms with Crippen LogP contribution in [0.3, 0.4) is 0 Å². The first kappa shape index (κ1) is 16.5. The van der Waals surface area contributed by atoms with E-state index >= 15 is 0 Å². The van der Waals surface area contributed by atoms with Gasteiger partial charge in [0, 0.05) is 13.1 Å². The van der Waals surface area contributed by atoms with E-state index in [0.29, 0.717) is 18.8 Å². The Bertz CT molecular complexity index is 824. The molecule has 1 aliphatic rings. The van der Waals surface area contributed by atoms with Crippen LogP contribution in [0.25, 0.3) is 0 Å². The van der Waals surface area contributed by atoms with E-state index in [4.69, 9.17) is 9.15 Å². The lowest BCUT2D eigenvalue weighted by atomic mass is 10.3. The SMILES string of the molecule is COc1ccc(S(=O)(=O)N2CCCC2)cc1NC(=O)c1ccco1. The van der Waals surface area contributed by atoms with E-state index in [1.165, 1.54) is 41.9 Å². The van der Waals surface area contributed by atoms with E-state index in [0.717, 1.165) is 12.8 Å². The van der Waals surface area contributed by atoms with Crippen molar-refractivity contribution in [1.82, 2.24) is 4.31 Å². The molecule has 0 unspecified atom stereocenters. The highest BCUT2D eigenvalue weighted by molar-refractivity contribution is 7.89. The number of ether oxygens (including phenoxy) is 1. The molecular weight excluding hydrogens is 332 g/mol. The Morgan fingerprint density at radius 3 is 2.62 bits per heavy atom. The maximum atomic E-state index is 12.7.